The molecule has 24 heavy (non-hydrogen) atoms. The number of carbonyl (C=O) groups excluding carboxylic acids is 1. The lowest BCUT2D eigenvalue weighted by molar-refractivity contribution is -0.126. The van der Waals surface area contributed by atoms with Crippen molar-refractivity contribution in [3.05, 3.63) is 29.3 Å². The molecule has 3 N–H and O–H groups in total. The van der Waals surface area contributed by atoms with Crippen molar-refractivity contribution >= 4 is 48.0 Å². The Kier molecular flexibility index (Phi) is 8.65. The average Bonchev–Trinajstić information content (AvgIpc) is 3.15. The number of carbonyl (C=O) groups is 1. The molecule has 3 atom stereocenters. The molecule has 1 aromatic rings. The van der Waals surface area contributed by atoms with Gasteiger partial charge >= 0.3 is 0 Å². The second-order valence-electron chi connectivity index (χ2n) is 6.45. The zero-order chi connectivity index (χ0) is 15.5. The number of halogens is 3. The molecule has 1 saturated heterocycles. The van der Waals surface area contributed by atoms with Crippen molar-refractivity contribution in [2.75, 3.05) is 24.5 Å². The standard InChI is InChI=1S/C17H24ClN3O.2ClH/c18-13-4-2-5-15(9-13)21-8-7-14(11-21)20-17(22)16-6-1-3-12(16)10-19;;/h2,4-5,9,12,14,16H,1,3,6-8,10-11,19H2,(H,20,22);2*1H/t12-,14?,16-;;/m1../s1. The van der Waals surface area contributed by atoms with Gasteiger partial charge in [0.1, 0.15) is 0 Å². The van der Waals surface area contributed by atoms with E-state index in [4.69, 9.17) is 17.3 Å². The van der Waals surface area contributed by atoms with Gasteiger partial charge in [0.25, 0.3) is 0 Å². The minimum absolute atomic E-state index is 0. The molecule has 1 aliphatic heterocycles. The largest absolute Gasteiger partial charge is 0.369 e. The molecule has 0 aromatic heterocycles. The topological polar surface area (TPSA) is 58.4 Å². The predicted molar refractivity (Wildman–Crippen MR) is 105 cm³/mol. The van der Waals surface area contributed by atoms with E-state index in [-0.39, 0.29) is 42.7 Å². The third-order valence-corrected chi connectivity index (χ3v) is 5.24. The van der Waals surface area contributed by atoms with Crippen LogP contribution < -0.4 is 16.0 Å². The zero-order valence-corrected chi connectivity index (χ0v) is 16.0. The van der Waals surface area contributed by atoms with Crippen LogP contribution >= 0.6 is 36.4 Å². The Balaban J connectivity index is 0.00000144. The molecule has 2 aliphatic rings. The number of rotatable bonds is 4. The Morgan fingerprint density at radius 3 is 2.79 bits per heavy atom. The molecule has 0 bridgehead atoms. The van der Waals surface area contributed by atoms with E-state index in [1.54, 1.807) is 0 Å². The second-order valence-corrected chi connectivity index (χ2v) is 6.89. The summed E-state index contributed by atoms with van der Waals surface area (Å²) in [5.41, 5.74) is 6.91. The van der Waals surface area contributed by atoms with Crippen LogP contribution in [0.15, 0.2) is 24.3 Å². The maximum Gasteiger partial charge on any atom is 0.223 e. The van der Waals surface area contributed by atoms with E-state index >= 15 is 0 Å². The van der Waals surface area contributed by atoms with E-state index < -0.39 is 0 Å². The van der Waals surface area contributed by atoms with Gasteiger partial charge in [0.2, 0.25) is 5.91 Å². The second kappa shape index (κ2) is 9.71. The number of hydrogen-bond acceptors (Lipinski definition) is 3. The van der Waals surface area contributed by atoms with Crippen molar-refractivity contribution in [3.8, 4) is 0 Å². The van der Waals surface area contributed by atoms with Gasteiger partial charge in [-0.1, -0.05) is 24.1 Å². The minimum atomic E-state index is 0. The number of hydrogen-bond donors (Lipinski definition) is 2. The Bertz CT molecular complexity index is 544. The maximum absolute atomic E-state index is 12.5. The molecule has 1 aliphatic carbocycles. The minimum Gasteiger partial charge on any atom is -0.369 e. The molecule has 4 nitrogen and oxygen atoms in total. The summed E-state index contributed by atoms with van der Waals surface area (Å²) in [7, 11) is 0. The first-order valence-electron chi connectivity index (χ1n) is 8.18. The average molecular weight is 395 g/mol. The number of benzene rings is 1. The molecular weight excluding hydrogens is 369 g/mol. The van der Waals surface area contributed by atoms with Crippen molar-refractivity contribution in [2.24, 2.45) is 17.6 Å². The van der Waals surface area contributed by atoms with Gasteiger partial charge in [-0.2, -0.15) is 0 Å². The predicted octanol–water partition coefficient (Wildman–Crippen LogP) is 3.25. The summed E-state index contributed by atoms with van der Waals surface area (Å²) in [5.74, 6) is 0.682. The van der Waals surface area contributed by atoms with Crippen molar-refractivity contribution in [3.63, 3.8) is 0 Å². The Morgan fingerprint density at radius 1 is 1.29 bits per heavy atom. The zero-order valence-electron chi connectivity index (χ0n) is 13.6. The normalized spacial score (nSPS) is 25.8. The highest BCUT2D eigenvalue weighted by molar-refractivity contribution is 6.30. The van der Waals surface area contributed by atoms with Crippen LogP contribution in [0.25, 0.3) is 0 Å². The first-order valence-corrected chi connectivity index (χ1v) is 8.56. The van der Waals surface area contributed by atoms with Gasteiger partial charge in [-0.3, -0.25) is 4.79 Å². The van der Waals surface area contributed by atoms with Crippen molar-refractivity contribution < 1.29 is 4.79 Å². The van der Waals surface area contributed by atoms with Gasteiger partial charge < -0.3 is 16.0 Å². The smallest absolute Gasteiger partial charge is 0.223 e. The number of anilines is 1. The van der Waals surface area contributed by atoms with E-state index in [2.05, 4.69) is 16.3 Å². The Morgan fingerprint density at radius 2 is 2.08 bits per heavy atom. The molecule has 1 saturated carbocycles. The quantitative estimate of drug-likeness (QED) is 0.824. The van der Waals surface area contributed by atoms with Crippen LogP contribution in [0.1, 0.15) is 25.7 Å². The molecule has 136 valence electrons. The summed E-state index contributed by atoms with van der Waals surface area (Å²) in [6, 6.07) is 8.12. The molecule has 1 heterocycles. The lowest BCUT2D eigenvalue weighted by atomic mass is 9.95. The third-order valence-electron chi connectivity index (χ3n) is 5.01. The first-order chi connectivity index (χ1) is 10.7. The molecule has 7 heteroatoms. The van der Waals surface area contributed by atoms with Crippen molar-refractivity contribution in [2.45, 2.75) is 31.7 Å². The van der Waals surface area contributed by atoms with Crippen LogP contribution in [0.4, 0.5) is 5.69 Å². The van der Waals surface area contributed by atoms with E-state index in [1.807, 2.05) is 18.2 Å². The summed E-state index contributed by atoms with van der Waals surface area (Å²) in [6.07, 6.45) is 4.18. The fraction of sp³-hybridized carbons (Fsp3) is 0.588. The molecule has 1 unspecified atom stereocenters. The highest BCUT2D eigenvalue weighted by Gasteiger charge is 2.34. The van der Waals surface area contributed by atoms with Gasteiger partial charge in [-0.15, -0.1) is 24.8 Å². The molecule has 1 amide bonds. The third kappa shape index (κ3) is 4.92. The van der Waals surface area contributed by atoms with Gasteiger partial charge in [-0.05, 0) is 49.9 Å². The van der Waals surface area contributed by atoms with E-state index in [0.29, 0.717) is 12.5 Å². The van der Waals surface area contributed by atoms with Gasteiger partial charge in [0, 0.05) is 35.8 Å². The highest BCUT2D eigenvalue weighted by Crippen LogP contribution is 2.31. The van der Waals surface area contributed by atoms with Crippen LogP contribution in [-0.4, -0.2) is 31.6 Å². The van der Waals surface area contributed by atoms with Crippen LogP contribution in [0.3, 0.4) is 0 Å². The maximum atomic E-state index is 12.5. The monoisotopic (exact) mass is 393 g/mol. The van der Waals surface area contributed by atoms with Crippen LogP contribution in [0.5, 0.6) is 0 Å². The van der Waals surface area contributed by atoms with E-state index in [0.717, 1.165) is 49.5 Å². The molecule has 0 radical (unpaired) electrons. The molecule has 2 fully saturated rings. The van der Waals surface area contributed by atoms with Crippen LogP contribution in [0.2, 0.25) is 5.02 Å². The van der Waals surface area contributed by atoms with Crippen molar-refractivity contribution in [1.29, 1.82) is 0 Å². The van der Waals surface area contributed by atoms with Gasteiger partial charge in [-0.25, -0.2) is 0 Å². The molecule has 3 rings (SSSR count). The van der Waals surface area contributed by atoms with E-state index in [9.17, 15) is 4.79 Å². The summed E-state index contributed by atoms with van der Waals surface area (Å²) in [4.78, 5) is 14.7. The number of nitrogens with two attached hydrogens (primary N) is 1. The van der Waals surface area contributed by atoms with Gasteiger partial charge in [0.05, 0.1) is 0 Å². The number of nitrogens with zero attached hydrogens (tertiary/aromatic N) is 1. The van der Waals surface area contributed by atoms with Crippen LogP contribution in [0, 0.1) is 11.8 Å². The lowest BCUT2D eigenvalue weighted by Crippen LogP contribution is -2.42. The Labute approximate surface area is 161 Å². The summed E-state index contributed by atoms with van der Waals surface area (Å²) in [6.45, 7) is 2.43. The number of nitrogens with one attached hydrogen (secondary N) is 1. The molecule has 0 spiro atoms. The molecule has 1 aromatic carbocycles. The fourth-order valence-electron chi connectivity index (χ4n) is 3.76. The number of amides is 1. The van der Waals surface area contributed by atoms with Crippen molar-refractivity contribution in [1.82, 2.24) is 5.32 Å². The first kappa shape index (κ1) is 21.4. The van der Waals surface area contributed by atoms with E-state index in [1.165, 1.54) is 0 Å². The summed E-state index contributed by atoms with van der Waals surface area (Å²) in [5, 5.41) is 3.98. The lowest BCUT2D eigenvalue weighted by Gasteiger charge is -2.22. The Hall–Kier alpha value is -0.680. The SMILES string of the molecule is Cl.Cl.NC[C@H]1CCC[C@H]1C(=O)NC1CCN(c2cccc(Cl)c2)C1. The van der Waals surface area contributed by atoms with Gasteiger partial charge in [0.15, 0.2) is 0 Å². The van der Waals surface area contributed by atoms with Crippen LogP contribution in [-0.2, 0) is 4.79 Å². The summed E-state index contributed by atoms with van der Waals surface area (Å²) < 4.78 is 0. The fourth-order valence-corrected chi connectivity index (χ4v) is 3.94. The highest BCUT2D eigenvalue weighted by atomic mass is 35.5. The summed E-state index contributed by atoms with van der Waals surface area (Å²) >= 11 is 6.05. The molecular formula is C17H26Cl3N3O.